The van der Waals surface area contributed by atoms with Gasteiger partial charge in [-0.25, -0.2) is 0 Å². The van der Waals surface area contributed by atoms with E-state index in [4.69, 9.17) is 0 Å². The average Bonchev–Trinajstić information content (AvgIpc) is 2.53. The van der Waals surface area contributed by atoms with Gasteiger partial charge in [-0.3, -0.25) is 4.79 Å². The second kappa shape index (κ2) is 8.08. The number of piperidine rings is 1. The summed E-state index contributed by atoms with van der Waals surface area (Å²) in [4.78, 5) is 14.1. The van der Waals surface area contributed by atoms with Crippen LogP contribution in [0.15, 0.2) is 24.3 Å². The Morgan fingerprint density at radius 3 is 2.50 bits per heavy atom. The molecule has 0 saturated carbocycles. The summed E-state index contributed by atoms with van der Waals surface area (Å²) in [5.41, 5.74) is 0.945. The highest BCUT2D eigenvalue weighted by Crippen LogP contribution is 2.17. The number of nitrogens with one attached hydrogen (secondary N) is 1. The van der Waals surface area contributed by atoms with Crippen LogP contribution >= 0.6 is 0 Å². The van der Waals surface area contributed by atoms with Crippen molar-refractivity contribution in [3.05, 3.63) is 29.8 Å². The van der Waals surface area contributed by atoms with Crippen LogP contribution in [0.1, 0.15) is 24.8 Å². The number of likely N-dealkylation sites (tertiary alicyclic amines) is 1. The molecule has 0 radical (unpaired) electrons. The van der Waals surface area contributed by atoms with Crippen molar-refractivity contribution in [3.63, 3.8) is 0 Å². The van der Waals surface area contributed by atoms with Gasteiger partial charge in [-0.1, -0.05) is 12.1 Å². The minimum atomic E-state index is -2.81. The Balaban J connectivity index is 1.76. The van der Waals surface area contributed by atoms with E-state index in [0.717, 1.165) is 31.5 Å². The minimum absolute atomic E-state index is 0.138. The van der Waals surface area contributed by atoms with Gasteiger partial charge in [0.2, 0.25) is 5.91 Å². The van der Waals surface area contributed by atoms with Crippen LogP contribution in [0.5, 0.6) is 5.75 Å². The monoisotopic (exact) mass is 312 g/mol. The minimum Gasteiger partial charge on any atom is -0.435 e. The quantitative estimate of drug-likeness (QED) is 0.877. The first-order valence-corrected chi connectivity index (χ1v) is 7.57. The number of hydrogen-bond acceptors (Lipinski definition) is 3. The molecular formula is C16H22F2N2O2. The first-order chi connectivity index (χ1) is 10.6. The molecule has 1 heterocycles. The highest BCUT2D eigenvalue weighted by molar-refractivity contribution is 5.76. The molecule has 2 rings (SSSR count). The maximum atomic E-state index is 12.2. The van der Waals surface area contributed by atoms with Crippen LogP contribution in [0.25, 0.3) is 0 Å². The number of carbonyl (C=O) groups is 1. The molecule has 0 aliphatic carbocycles. The second-order valence-corrected chi connectivity index (χ2v) is 5.47. The molecular weight excluding hydrogens is 290 g/mol. The molecule has 1 aromatic carbocycles. The molecule has 0 aromatic heterocycles. The van der Waals surface area contributed by atoms with Gasteiger partial charge in [0.15, 0.2) is 0 Å². The molecule has 1 aliphatic heterocycles. The summed E-state index contributed by atoms with van der Waals surface area (Å²) in [6.07, 6.45) is 3.03. The smallest absolute Gasteiger partial charge is 0.387 e. The Kier molecular flexibility index (Phi) is 6.12. The molecule has 6 heteroatoms. The lowest BCUT2D eigenvalue weighted by Gasteiger charge is -2.31. The number of nitrogens with zero attached hydrogens (tertiary/aromatic N) is 1. The van der Waals surface area contributed by atoms with Crippen LogP contribution in [0.4, 0.5) is 8.78 Å². The Morgan fingerprint density at radius 1 is 1.32 bits per heavy atom. The Labute approximate surface area is 129 Å². The van der Waals surface area contributed by atoms with E-state index in [1.54, 1.807) is 12.1 Å². The number of hydrogen-bond donors (Lipinski definition) is 1. The van der Waals surface area contributed by atoms with Gasteiger partial charge < -0.3 is 15.0 Å². The molecule has 0 unspecified atom stereocenters. The molecule has 22 heavy (non-hydrogen) atoms. The van der Waals surface area contributed by atoms with E-state index in [1.807, 2.05) is 11.9 Å². The zero-order chi connectivity index (χ0) is 15.9. The number of halogens is 2. The number of benzene rings is 1. The van der Waals surface area contributed by atoms with E-state index in [-0.39, 0.29) is 11.7 Å². The number of carbonyl (C=O) groups excluding carboxylic acids is 1. The number of aryl methyl sites for hydroxylation is 1. The Morgan fingerprint density at radius 2 is 1.95 bits per heavy atom. The zero-order valence-corrected chi connectivity index (χ0v) is 12.7. The number of ether oxygens (including phenoxy) is 1. The van der Waals surface area contributed by atoms with E-state index < -0.39 is 6.61 Å². The maximum absolute atomic E-state index is 12.2. The number of alkyl halides is 2. The summed E-state index contributed by atoms with van der Waals surface area (Å²) in [5, 5.41) is 3.24. The van der Waals surface area contributed by atoms with Crippen LogP contribution in [-0.2, 0) is 11.2 Å². The van der Waals surface area contributed by atoms with Gasteiger partial charge in [0.25, 0.3) is 0 Å². The van der Waals surface area contributed by atoms with Crippen molar-refractivity contribution in [2.75, 3.05) is 20.1 Å². The van der Waals surface area contributed by atoms with Crippen molar-refractivity contribution < 1.29 is 18.3 Å². The Bertz CT molecular complexity index is 472. The van der Waals surface area contributed by atoms with Gasteiger partial charge >= 0.3 is 6.61 Å². The summed E-state index contributed by atoms with van der Waals surface area (Å²) >= 11 is 0. The molecule has 0 bridgehead atoms. The van der Waals surface area contributed by atoms with Gasteiger partial charge in [-0.15, -0.1) is 0 Å². The van der Waals surface area contributed by atoms with Gasteiger partial charge in [0, 0.05) is 25.6 Å². The van der Waals surface area contributed by atoms with Crippen molar-refractivity contribution in [3.8, 4) is 5.75 Å². The summed E-state index contributed by atoms with van der Waals surface area (Å²) in [6.45, 7) is -1.22. The van der Waals surface area contributed by atoms with Crippen LogP contribution in [0.2, 0.25) is 0 Å². The van der Waals surface area contributed by atoms with Crippen molar-refractivity contribution in [2.24, 2.45) is 0 Å². The van der Waals surface area contributed by atoms with E-state index in [0.29, 0.717) is 18.9 Å². The molecule has 4 nitrogen and oxygen atoms in total. The molecule has 0 atom stereocenters. The van der Waals surface area contributed by atoms with Crippen LogP contribution in [-0.4, -0.2) is 43.6 Å². The first kappa shape index (κ1) is 16.7. The number of rotatable bonds is 6. The van der Waals surface area contributed by atoms with Gasteiger partial charge in [0.1, 0.15) is 5.75 Å². The van der Waals surface area contributed by atoms with Crippen molar-refractivity contribution in [1.82, 2.24) is 10.2 Å². The molecule has 1 saturated heterocycles. The molecule has 122 valence electrons. The lowest BCUT2D eigenvalue weighted by atomic mass is 10.0. The second-order valence-electron chi connectivity index (χ2n) is 5.47. The summed E-state index contributed by atoms with van der Waals surface area (Å²) < 4.78 is 28.4. The highest BCUT2D eigenvalue weighted by atomic mass is 19.3. The van der Waals surface area contributed by atoms with Gasteiger partial charge in [-0.05, 0) is 44.0 Å². The van der Waals surface area contributed by atoms with Crippen LogP contribution < -0.4 is 10.1 Å². The fourth-order valence-corrected chi connectivity index (χ4v) is 2.66. The molecule has 1 aromatic rings. The SMILES string of the molecule is CNC1CCN(C(=O)CCc2ccc(OC(F)F)cc2)CC1. The van der Waals surface area contributed by atoms with Crippen LogP contribution in [0.3, 0.4) is 0 Å². The third-order valence-corrected chi connectivity index (χ3v) is 4.03. The maximum Gasteiger partial charge on any atom is 0.387 e. The zero-order valence-electron chi connectivity index (χ0n) is 12.7. The summed E-state index contributed by atoms with van der Waals surface area (Å²) in [7, 11) is 1.95. The lowest BCUT2D eigenvalue weighted by Crippen LogP contribution is -2.44. The molecule has 1 fully saturated rings. The Hall–Kier alpha value is -1.69. The third-order valence-electron chi connectivity index (χ3n) is 4.03. The standard InChI is InChI=1S/C16H22F2N2O2/c1-19-13-8-10-20(11-9-13)15(21)7-4-12-2-5-14(6-3-12)22-16(17)18/h2-3,5-6,13,16,19H,4,7-11H2,1H3. The van der Waals surface area contributed by atoms with Crippen molar-refractivity contribution in [1.29, 1.82) is 0 Å². The third kappa shape index (κ3) is 4.94. The number of amides is 1. The normalized spacial score (nSPS) is 16.1. The summed E-state index contributed by atoms with van der Waals surface area (Å²) in [6, 6.07) is 6.96. The predicted octanol–water partition coefficient (Wildman–Crippen LogP) is 2.43. The van der Waals surface area contributed by atoms with Crippen molar-refractivity contribution in [2.45, 2.75) is 38.3 Å². The van der Waals surface area contributed by atoms with E-state index in [2.05, 4.69) is 10.1 Å². The largest absolute Gasteiger partial charge is 0.435 e. The van der Waals surface area contributed by atoms with Crippen LogP contribution in [0, 0.1) is 0 Å². The van der Waals surface area contributed by atoms with E-state index >= 15 is 0 Å². The summed E-state index contributed by atoms with van der Waals surface area (Å²) in [5.74, 6) is 0.293. The van der Waals surface area contributed by atoms with E-state index in [9.17, 15) is 13.6 Å². The topological polar surface area (TPSA) is 41.6 Å². The fourth-order valence-electron chi connectivity index (χ4n) is 2.66. The van der Waals surface area contributed by atoms with Gasteiger partial charge in [-0.2, -0.15) is 8.78 Å². The van der Waals surface area contributed by atoms with Crippen molar-refractivity contribution >= 4 is 5.91 Å². The molecule has 1 amide bonds. The average molecular weight is 312 g/mol. The molecule has 0 spiro atoms. The predicted molar refractivity (Wildman–Crippen MR) is 80.1 cm³/mol. The first-order valence-electron chi connectivity index (χ1n) is 7.57. The molecule has 1 N–H and O–H groups in total. The fraction of sp³-hybridized carbons (Fsp3) is 0.562. The molecule has 1 aliphatic rings. The highest BCUT2D eigenvalue weighted by Gasteiger charge is 2.21. The van der Waals surface area contributed by atoms with Gasteiger partial charge in [0.05, 0.1) is 0 Å². The van der Waals surface area contributed by atoms with E-state index in [1.165, 1.54) is 12.1 Å². The lowest BCUT2D eigenvalue weighted by molar-refractivity contribution is -0.132.